The first-order chi connectivity index (χ1) is 8.08. The molecule has 0 unspecified atom stereocenters. The number of aryl methyl sites for hydroxylation is 1. The molecule has 5 heteroatoms. The zero-order valence-electron chi connectivity index (χ0n) is 9.57. The molecule has 0 aliphatic heterocycles. The molecule has 0 saturated carbocycles. The topological polar surface area (TPSA) is 46.9 Å². The second-order valence-electron chi connectivity index (χ2n) is 3.73. The number of anilines is 1. The van der Waals surface area contributed by atoms with E-state index in [1.54, 1.807) is 10.9 Å². The Morgan fingerprint density at radius 3 is 2.82 bits per heavy atom. The van der Waals surface area contributed by atoms with Crippen molar-refractivity contribution in [3.8, 4) is 11.3 Å². The third kappa shape index (κ3) is 2.47. The minimum atomic E-state index is -0.0988. The van der Waals surface area contributed by atoms with Gasteiger partial charge in [0.1, 0.15) is 0 Å². The lowest BCUT2D eigenvalue weighted by molar-refractivity contribution is -0.114. The number of hydrogen-bond acceptors (Lipinski definition) is 2. The average Bonchev–Trinajstić information content (AvgIpc) is 2.58. The van der Waals surface area contributed by atoms with E-state index in [-0.39, 0.29) is 5.91 Å². The van der Waals surface area contributed by atoms with Crippen LogP contribution in [0.3, 0.4) is 0 Å². The molecule has 0 spiro atoms. The van der Waals surface area contributed by atoms with E-state index in [9.17, 15) is 4.79 Å². The Bertz CT molecular complexity index is 543. The summed E-state index contributed by atoms with van der Waals surface area (Å²) in [5, 5.41) is 7.41. The average molecular weight is 250 g/mol. The van der Waals surface area contributed by atoms with Gasteiger partial charge in [0.15, 0.2) is 0 Å². The highest BCUT2D eigenvalue weighted by atomic mass is 35.5. The summed E-state index contributed by atoms with van der Waals surface area (Å²) >= 11 is 6.07. The molecule has 2 rings (SSSR count). The van der Waals surface area contributed by atoms with Gasteiger partial charge in [-0.15, -0.1) is 0 Å². The van der Waals surface area contributed by atoms with Crippen LogP contribution in [0.1, 0.15) is 6.92 Å². The number of benzene rings is 1. The van der Waals surface area contributed by atoms with Crippen LogP contribution in [0.4, 0.5) is 5.69 Å². The second kappa shape index (κ2) is 4.59. The zero-order valence-corrected chi connectivity index (χ0v) is 10.3. The quantitative estimate of drug-likeness (QED) is 0.890. The minimum absolute atomic E-state index is 0.0988. The molecule has 0 atom stereocenters. The van der Waals surface area contributed by atoms with E-state index in [1.165, 1.54) is 6.92 Å². The number of halogens is 1. The Balaban J connectivity index is 2.43. The van der Waals surface area contributed by atoms with Gasteiger partial charge in [0.05, 0.1) is 16.9 Å². The number of nitrogens with zero attached hydrogens (tertiary/aromatic N) is 2. The smallest absolute Gasteiger partial charge is 0.221 e. The van der Waals surface area contributed by atoms with Crippen LogP contribution in [0.2, 0.25) is 5.02 Å². The third-order valence-corrected chi connectivity index (χ3v) is 2.63. The van der Waals surface area contributed by atoms with E-state index in [0.717, 1.165) is 16.9 Å². The van der Waals surface area contributed by atoms with Crippen LogP contribution in [0.15, 0.2) is 30.5 Å². The maximum Gasteiger partial charge on any atom is 0.221 e. The van der Waals surface area contributed by atoms with Gasteiger partial charge in [-0.2, -0.15) is 5.10 Å². The van der Waals surface area contributed by atoms with Crippen LogP contribution in [0, 0.1) is 0 Å². The van der Waals surface area contributed by atoms with Crippen molar-refractivity contribution in [1.82, 2.24) is 9.78 Å². The Kier molecular flexibility index (Phi) is 3.15. The van der Waals surface area contributed by atoms with Gasteiger partial charge >= 0.3 is 0 Å². The molecule has 0 saturated heterocycles. The first kappa shape index (κ1) is 11.7. The Morgan fingerprint density at radius 1 is 1.47 bits per heavy atom. The maximum absolute atomic E-state index is 11.0. The lowest BCUT2D eigenvalue weighted by Gasteiger charge is -2.06. The maximum atomic E-state index is 11.0. The van der Waals surface area contributed by atoms with Crippen molar-refractivity contribution >= 4 is 23.2 Å². The second-order valence-corrected chi connectivity index (χ2v) is 4.13. The van der Waals surface area contributed by atoms with E-state index < -0.39 is 0 Å². The van der Waals surface area contributed by atoms with Crippen molar-refractivity contribution in [2.75, 3.05) is 5.32 Å². The Labute approximate surface area is 104 Å². The molecule has 1 aromatic carbocycles. The summed E-state index contributed by atoms with van der Waals surface area (Å²) in [7, 11) is 1.83. The van der Waals surface area contributed by atoms with Crippen molar-refractivity contribution in [3.63, 3.8) is 0 Å². The van der Waals surface area contributed by atoms with Gasteiger partial charge in [-0.05, 0) is 12.1 Å². The molecule has 1 aromatic heterocycles. The molecule has 0 bridgehead atoms. The van der Waals surface area contributed by atoms with E-state index in [1.807, 2.05) is 31.3 Å². The molecule has 0 aliphatic carbocycles. The summed E-state index contributed by atoms with van der Waals surface area (Å²) in [5.41, 5.74) is 2.49. The molecule has 2 aromatic rings. The zero-order chi connectivity index (χ0) is 12.4. The monoisotopic (exact) mass is 249 g/mol. The van der Waals surface area contributed by atoms with E-state index >= 15 is 0 Å². The normalized spacial score (nSPS) is 10.3. The summed E-state index contributed by atoms with van der Waals surface area (Å²) < 4.78 is 1.70. The Hall–Kier alpha value is -1.81. The highest BCUT2D eigenvalue weighted by Crippen LogP contribution is 2.28. The Morgan fingerprint density at radius 2 is 2.24 bits per heavy atom. The van der Waals surface area contributed by atoms with Crippen LogP contribution >= 0.6 is 11.6 Å². The first-order valence-electron chi connectivity index (χ1n) is 5.13. The fraction of sp³-hybridized carbons (Fsp3) is 0.167. The summed E-state index contributed by atoms with van der Waals surface area (Å²) in [5.74, 6) is -0.0988. The van der Waals surface area contributed by atoms with Crippen molar-refractivity contribution in [2.45, 2.75) is 6.92 Å². The van der Waals surface area contributed by atoms with Crippen molar-refractivity contribution in [3.05, 3.63) is 35.5 Å². The van der Waals surface area contributed by atoms with Crippen LogP contribution in [-0.4, -0.2) is 15.7 Å². The van der Waals surface area contributed by atoms with Crippen LogP contribution in [-0.2, 0) is 11.8 Å². The number of aromatic nitrogens is 2. The van der Waals surface area contributed by atoms with Crippen molar-refractivity contribution in [1.29, 1.82) is 0 Å². The molecular weight excluding hydrogens is 238 g/mol. The molecule has 1 amide bonds. The van der Waals surface area contributed by atoms with E-state index in [2.05, 4.69) is 10.4 Å². The van der Waals surface area contributed by atoms with Crippen LogP contribution in [0.25, 0.3) is 11.3 Å². The molecule has 17 heavy (non-hydrogen) atoms. The van der Waals surface area contributed by atoms with Crippen molar-refractivity contribution in [2.24, 2.45) is 7.05 Å². The highest BCUT2D eigenvalue weighted by Gasteiger charge is 2.09. The van der Waals surface area contributed by atoms with Crippen LogP contribution < -0.4 is 5.32 Å². The van der Waals surface area contributed by atoms with Gasteiger partial charge in [-0.25, -0.2) is 0 Å². The SMILES string of the molecule is CC(=O)Nc1cccc(-c2c(Cl)cnn2C)c1. The standard InChI is InChI=1S/C12H12ClN3O/c1-8(17)15-10-5-3-4-9(6-10)12-11(13)7-14-16(12)2/h3-7H,1-2H3,(H,15,17). The molecular formula is C12H12ClN3O. The fourth-order valence-electron chi connectivity index (χ4n) is 1.68. The molecule has 0 aliphatic rings. The van der Waals surface area contributed by atoms with Gasteiger partial charge in [0.2, 0.25) is 5.91 Å². The molecule has 1 N–H and O–H groups in total. The number of nitrogens with one attached hydrogen (secondary N) is 1. The largest absolute Gasteiger partial charge is 0.326 e. The minimum Gasteiger partial charge on any atom is -0.326 e. The summed E-state index contributed by atoms with van der Waals surface area (Å²) in [6.07, 6.45) is 1.60. The first-order valence-corrected chi connectivity index (χ1v) is 5.51. The van der Waals surface area contributed by atoms with Crippen LogP contribution in [0.5, 0.6) is 0 Å². The fourth-order valence-corrected chi connectivity index (χ4v) is 1.96. The molecule has 4 nitrogen and oxygen atoms in total. The number of carbonyl (C=O) groups excluding carboxylic acids is 1. The van der Waals surface area contributed by atoms with E-state index in [4.69, 9.17) is 11.6 Å². The predicted molar refractivity (Wildman–Crippen MR) is 68.0 cm³/mol. The number of carbonyl (C=O) groups is 1. The van der Waals surface area contributed by atoms with Gasteiger partial charge in [-0.1, -0.05) is 23.7 Å². The van der Waals surface area contributed by atoms with Gasteiger partial charge in [0.25, 0.3) is 0 Å². The highest BCUT2D eigenvalue weighted by molar-refractivity contribution is 6.33. The van der Waals surface area contributed by atoms with Gasteiger partial charge in [-0.3, -0.25) is 9.48 Å². The molecule has 88 valence electrons. The molecule has 0 radical (unpaired) electrons. The number of hydrogen-bond donors (Lipinski definition) is 1. The lowest BCUT2D eigenvalue weighted by Crippen LogP contribution is -2.05. The lowest BCUT2D eigenvalue weighted by atomic mass is 10.1. The van der Waals surface area contributed by atoms with Crippen molar-refractivity contribution < 1.29 is 4.79 Å². The summed E-state index contributed by atoms with van der Waals surface area (Å²) in [6.45, 7) is 1.48. The van der Waals surface area contributed by atoms with E-state index in [0.29, 0.717) is 5.02 Å². The summed E-state index contributed by atoms with van der Waals surface area (Å²) in [6, 6.07) is 7.48. The van der Waals surface area contributed by atoms with Gasteiger partial charge in [0, 0.05) is 25.2 Å². The summed E-state index contributed by atoms with van der Waals surface area (Å²) in [4.78, 5) is 11.0. The predicted octanol–water partition coefficient (Wildman–Crippen LogP) is 2.70. The third-order valence-electron chi connectivity index (χ3n) is 2.35. The molecule has 1 heterocycles. The number of rotatable bonds is 2. The van der Waals surface area contributed by atoms with Gasteiger partial charge < -0.3 is 5.32 Å². The number of amides is 1. The molecule has 0 fully saturated rings.